The van der Waals surface area contributed by atoms with Crippen molar-refractivity contribution in [1.82, 2.24) is 4.90 Å². The minimum absolute atomic E-state index is 0.0167. The predicted octanol–water partition coefficient (Wildman–Crippen LogP) is 3.41. The Morgan fingerprint density at radius 2 is 2.12 bits per heavy atom. The van der Waals surface area contributed by atoms with Crippen LogP contribution in [0.2, 0.25) is 0 Å². The van der Waals surface area contributed by atoms with Gasteiger partial charge in [-0.1, -0.05) is 19.9 Å². The molecule has 5 rings (SSSR count). The Morgan fingerprint density at radius 1 is 1.31 bits per heavy atom. The molecule has 4 nitrogen and oxygen atoms in total. The van der Waals surface area contributed by atoms with Crippen molar-refractivity contribution in [2.45, 2.75) is 76.5 Å². The highest BCUT2D eigenvalue weighted by molar-refractivity contribution is 5.58. The third-order valence-electron chi connectivity index (χ3n) is 7.62. The number of benzene rings is 1. The van der Waals surface area contributed by atoms with Gasteiger partial charge in [0.25, 0.3) is 0 Å². The maximum absolute atomic E-state index is 10.4. The second-order valence-electron chi connectivity index (χ2n) is 9.41. The lowest BCUT2D eigenvalue weighted by molar-refractivity contribution is -0.0256. The van der Waals surface area contributed by atoms with Gasteiger partial charge in [-0.2, -0.15) is 0 Å². The fourth-order valence-corrected chi connectivity index (χ4v) is 6.13. The van der Waals surface area contributed by atoms with Crippen molar-refractivity contribution in [2.75, 3.05) is 13.1 Å². The molecule has 4 heteroatoms. The molecular formula is C22H32N2O2. The highest BCUT2D eigenvalue weighted by Crippen LogP contribution is 2.62. The molecule has 3 N–H and O–H groups in total. The van der Waals surface area contributed by atoms with Gasteiger partial charge in [-0.15, -0.1) is 0 Å². The second kappa shape index (κ2) is 5.87. The zero-order valence-electron chi connectivity index (χ0n) is 16.1. The van der Waals surface area contributed by atoms with Crippen LogP contribution in [0.4, 0.5) is 0 Å². The molecule has 0 spiro atoms. The minimum Gasteiger partial charge on any atom is -0.504 e. The van der Waals surface area contributed by atoms with Crippen molar-refractivity contribution >= 4 is 0 Å². The van der Waals surface area contributed by atoms with Gasteiger partial charge in [0.05, 0.1) is 0 Å². The number of nitrogens with two attached hydrogens (primary N) is 1. The summed E-state index contributed by atoms with van der Waals surface area (Å²) in [6.45, 7) is 7.20. The molecule has 3 aliphatic carbocycles. The number of hydrogen-bond acceptors (Lipinski definition) is 4. The maximum Gasteiger partial charge on any atom is 0.165 e. The van der Waals surface area contributed by atoms with Crippen molar-refractivity contribution in [2.24, 2.45) is 17.1 Å². The molecule has 0 aromatic heterocycles. The van der Waals surface area contributed by atoms with Gasteiger partial charge >= 0.3 is 0 Å². The molecule has 1 aromatic rings. The highest BCUT2D eigenvalue weighted by Gasteiger charge is 2.59. The largest absolute Gasteiger partial charge is 0.504 e. The van der Waals surface area contributed by atoms with Crippen molar-refractivity contribution in [3.8, 4) is 11.5 Å². The zero-order valence-corrected chi connectivity index (χ0v) is 16.1. The van der Waals surface area contributed by atoms with E-state index in [2.05, 4.69) is 24.8 Å². The average molecular weight is 357 g/mol. The lowest BCUT2D eigenvalue weighted by atomic mass is 9.55. The minimum atomic E-state index is 0.0167. The molecule has 0 bridgehead atoms. The van der Waals surface area contributed by atoms with Crippen LogP contribution in [0.1, 0.15) is 63.0 Å². The monoisotopic (exact) mass is 356 g/mol. The molecular weight excluding hydrogens is 324 g/mol. The first kappa shape index (κ1) is 16.9. The van der Waals surface area contributed by atoms with E-state index in [-0.39, 0.29) is 23.3 Å². The smallest absolute Gasteiger partial charge is 0.165 e. The molecule has 5 atom stereocenters. The molecule has 3 unspecified atom stereocenters. The normalized spacial score (nSPS) is 37.5. The first-order valence-electron chi connectivity index (χ1n) is 10.5. The number of nitrogens with zero attached hydrogens (tertiary/aromatic N) is 1. The summed E-state index contributed by atoms with van der Waals surface area (Å²) in [5.74, 6) is 2.24. The van der Waals surface area contributed by atoms with Crippen molar-refractivity contribution < 1.29 is 9.84 Å². The van der Waals surface area contributed by atoms with Crippen LogP contribution in [-0.2, 0) is 6.42 Å². The fourth-order valence-electron chi connectivity index (χ4n) is 6.13. The number of rotatable bonds is 5. The van der Waals surface area contributed by atoms with Gasteiger partial charge in [-0.25, -0.2) is 0 Å². The second-order valence-corrected chi connectivity index (χ2v) is 9.41. The summed E-state index contributed by atoms with van der Waals surface area (Å²) >= 11 is 0. The molecule has 1 aliphatic heterocycles. The van der Waals surface area contributed by atoms with E-state index in [0.717, 1.165) is 30.9 Å². The lowest BCUT2D eigenvalue weighted by Crippen LogP contribution is -2.60. The van der Waals surface area contributed by atoms with Crippen LogP contribution in [0.5, 0.6) is 11.5 Å². The average Bonchev–Trinajstić information content (AvgIpc) is 3.33. The van der Waals surface area contributed by atoms with E-state index in [1.165, 1.54) is 43.5 Å². The molecule has 1 aromatic carbocycles. The quantitative estimate of drug-likeness (QED) is 0.849. The van der Waals surface area contributed by atoms with Crippen molar-refractivity contribution in [3.63, 3.8) is 0 Å². The molecule has 4 aliphatic rings. The van der Waals surface area contributed by atoms with Crippen LogP contribution < -0.4 is 10.5 Å². The van der Waals surface area contributed by atoms with Gasteiger partial charge in [0.2, 0.25) is 0 Å². The number of phenolic OH excluding ortho intramolecular Hbond substituents is 1. The summed E-state index contributed by atoms with van der Waals surface area (Å²) in [5, 5.41) is 10.4. The summed E-state index contributed by atoms with van der Waals surface area (Å²) in [7, 11) is 0. The molecule has 2 saturated carbocycles. The Kier molecular flexibility index (Phi) is 3.81. The Labute approximate surface area is 156 Å². The van der Waals surface area contributed by atoms with Crippen molar-refractivity contribution in [3.05, 3.63) is 23.3 Å². The third-order valence-corrected chi connectivity index (χ3v) is 7.62. The molecule has 2 fully saturated rings. The zero-order chi connectivity index (χ0) is 18.1. The van der Waals surface area contributed by atoms with E-state index in [0.29, 0.717) is 12.0 Å². The van der Waals surface area contributed by atoms with E-state index in [9.17, 15) is 5.11 Å². The summed E-state index contributed by atoms with van der Waals surface area (Å²) < 4.78 is 6.30. The molecule has 0 saturated heterocycles. The summed E-state index contributed by atoms with van der Waals surface area (Å²) in [4.78, 5) is 2.79. The van der Waals surface area contributed by atoms with Crippen LogP contribution in [0, 0.1) is 11.3 Å². The van der Waals surface area contributed by atoms with Crippen LogP contribution in [0.15, 0.2) is 12.1 Å². The molecule has 142 valence electrons. The van der Waals surface area contributed by atoms with Gasteiger partial charge < -0.3 is 15.6 Å². The Hall–Kier alpha value is -1.26. The van der Waals surface area contributed by atoms with E-state index in [4.69, 9.17) is 10.5 Å². The fraction of sp³-hybridized carbons (Fsp3) is 0.727. The highest BCUT2D eigenvalue weighted by atomic mass is 16.5. The Bertz CT molecular complexity index is 716. The SMILES string of the molecule is CCCN(CC1CC1)C1Cc2ccc(O)c3c2C2C(O3)[C@H](N)CC[C@]21C. The van der Waals surface area contributed by atoms with E-state index in [1.807, 2.05) is 6.07 Å². The number of phenols is 1. The van der Waals surface area contributed by atoms with Crippen LogP contribution in [-0.4, -0.2) is 41.3 Å². The van der Waals surface area contributed by atoms with Gasteiger partial charge in [0.1, 0.15) is 6.10 Å². The van der Waals surface area contributed by atoms with Crippen LogP contribution >= 0.6 is 0 Å². The number of hydrogen-bond donors (Lipinski definition) is 2. The Morgan fingerprint density at radius 3 is 2.85 bits per heavy atom. The summed E-state index contributed by atoms with van der Waals surface area (Å²) in [6, 6.07) is 4.57. The van der Waals surface area contributed by atoms with Gasteiger partial charge in [-0.05, 0) is 68.0 Å². The lowest BCUT2D eigenvalue weighted by Gasteiger charge is -2.55. The summed E-state index contributed by atoms with van der Waals surface area (Å²) in [6.07, 6.45) is 7.27. The predicted molar refractivity (Wildman–Crippen MR) is 103 cm³/mol. The van der Waals surface area contributed by atoms with E-state index >= 15 is 0 Å². The topological polar surface area (TPSA) is 58.7 Å². The first-order chi connectivity index (χ1) is 12.5. The number of aromatic hydroxyl groups is 1. The van der Waals surface area contributed by atoms with Crippen LogP contribution in [0.3, 0.4) is 0 Å². The number of ether oxygens (including phenoxy) is 1. The molecule has 0 radical (unpaired) electrons. The van der Waals surface area contributed by atoms with Crippen molar-refractivity contribution in [1.29, 1.82) is 0 Å². The molecule has 0 amide bonds. The molecule has 1 heterocycles. The van der Waals surface area contributed by atoms with Gasteiger partial charge in [-0.3, -0.25) is 4.90 Å². The Balaban J connectivity index is 1.60. The van der Waals surface area contributed by atoms with Crippen LogP contribution in [0.25, 0.3) is 0 Å². The van der Waals surface area contributed by atoms with Gasteiger partial charge in [0.15, 0.2) is 11.5 Å². The third kappa shape index (κ3) is 2.34. The maximum atomic E-state index is 10.4. The van der Waals surface area contributed by atoms with E-state index < -0.39 is 0 Å². The summed E-state index contributed by atoms with van der Waals surface area (Å²) in [5.41, 5.74) is 9.32. The molecule has 26 heavy (non-hydrogen) atoms. The standard InChI is InChI=1S/C22H32N2O2/c1-3-10-24(12-13-4-5-13)17-11-14-6-7-16(25)21-18(14)19-20(26-21)15(23)8-9-22(17,19)2/h6-7,13,15,17,19-20,25H,3-5,8-12,23H2,1-2H3/t15-,17?,19?,20?,22+/m1/s1. The van der Waals surface area contributed by atoms with Gasteiger partial charge in [0, 0.05) is 30.1 Å². The first-order valence-corrected chi connectivity index (χ1v) is 10.5. The van der Waals surface area contributed by atoms with E-state index in [1.54, 1.807) is 0 Å².